The van der Waals surface area contributed by atoms with E-state index in [1.54, 1.807) is 0 Å². The number of carbonyl (C=O) groups excluding carboxylic acids is 1. The van der Waals surface area contributed by atoms with Gasteiger partial charge in [0.2, 0.25) is 0 Å². The zero-order valence-corrected chi connectivity index (χ0v) is 21.7. The standard InChI is InChI=1S/C32H46O2/c1-3-5-7-9-10-12-26-14-16-27(17-15-26)28-18-20-29(21-19-28)30-22-24-31(25-23-30)34-32(33)13-11-8-6-4-2/h18-27H,3-17H2,1-2H3. The normalized spacial score (nSPS) is 18.1. The molecule has 0 unspecified atom stereocenters. The van der Waals surface area contributed by atoms with Gasteiger partial charge in [-0.2, -0.15) is 0 Å². The summed E-state index contributed by atoms with van der Waals surface area (Å²) >= 11 is 0. The number of ether oxygens (including phenoxy) is 1. The summed E-state index contributed by atoms with van der Waals surface area (Å²) in [4.78, 5) is 12.0. The highest BCUT2D eigenvalue weighted by atomic mass is 16.5. The molecule has 3 rings (SSSR count). The predicted molar refractivity (Wildman–Crippen MR) is 144 cm³/mol. The van der Waals surface area contributed by atoms with Gasteiger partial charge >= 0.3 is 5.97 Å². The zero-order chi connectivity index (χ0) is 24.0. The summed E-state index contributed by atoms with van der Waals surface area (Å²) in [5.41, 5.74) is 3.89. The summed E-state index contributed by atoms with van der Waals surface area (Å²) in [6.07, 6.45) is 18.8. The van der Waals surface area contributed by atoms with Crippen molar-refractivity contribution in [3.8, 4) is 16.9 Å². The Kier molecular flexibility index (Phi) is 11.7. The minimum atomic E-state index is -0.126. The number of carbonyl (C=O) groups is 1. The zero-order valence-electron chi connectivity index (χ0n) is 21.7. The lowest BCUT2D eigenvalue weighted by Crippen LogP contribution is -2.13. The molecule has 2 heteroatoms. The van der Waals surface area contributed by atoms with Crippen LogP contribution in [0.4, 0.5) is 0 Å². The fourth-order valence-electron chi connectivity index (χ4n) is 5.36. The molecule has 1 aliphatic rings. The van der Waals surface area contributed by atoms with Crippen molar-refractivity contribution in [3.63, 3.8) is 0 Å². The average Bonchev–Trinajstić information content (AvgIpc) is 2.87. The second-order valence-corrected chi connectivity index (χ2v) is 10.4. The Labute approximate surface area is 208 Å². The third kappa shape index (κ3) is 8.93. The first-order valence-corrected chi connectivity index (χ1v) is 14.1. The van der Waals surface area contributed by atoms with Gasteiger partial charge < -0.3 is 4.74 Å². The molecule has 186 valence electrons. The van der Waals surface area contributed by atoms with Gasteiger partial charge in [-0.05, 0) is 72.8 Å². The van der Waals surface area contributed by atoms with Gasteiger partial charge in [-0.3, -0.25) is 4.79 Å². The van der Waals surface area contributed by atoms with Crippen LogP contribution in [0.15, 0.2) is 48.5 Å². The van der Waals surface area contributed by atoms with Crippen molar-refractivity contribution in [2.75, 3.05) is 0 Å². The van der Waals surface area contributed by atoms with E-state index < -0.39 is 0 Å². The number of unbranched alkanes of at least 4 members (excludes halogenated alkanes) is 7. The van der Waals surface area contributed by atoms with Gasteiger partial charge in [0.15, 0.2) is 0 Å². The third-order valence-corrected chi connectivity index (χ3v) is 7.60. The third-order valence-electron chi connectivity index (χ3n) is 7.60. The molecule has 0 atom stereocenters. The van der Waals surface area contributed by atoms with Crippen LogP contribution in [0, 0.1) is 5.92 Å². The van der Waals surface area contributed by atoms with Crippen LogP contribution in [0.1, 0.15) is 122 Å². The van der Waals surface area contributed by atoms with E-state index >= 15 is 0 Å². The number of rotatable bonds is 14. The molecule has 1 fully saturated rings. The molecule has 0 spiro atoms. The first kappa shape index (κ1) is 26.5. The lowest BCUT2D eigenvalue weighted by atomic mass is 9.77. The Hall–Kier alpha value is -2.09. The summed E-state index contributed by atoms with van der Waals surface area (Å²) in [5, 5.41) is 0. The molecule has 0 bridgehead atoms. The van der Waals surface area contributed by atoms with Crippen molar-refractivity contribution in [3.05, 3.63) is 54.1 Å². The van der Waals surface area contributed by atoms with Crippen LogP contribution < -0.4 is 4.74 Å². The highest BCUT2D eigenvalue weighted by molar-refractivity contribution is 5.73. The Balaban J connectivity index is 1.42. The van der Waals surface area contributed by atoms with Gasteiger partial charge in [-0.1, -0.05) is 108 Å². The molecule has 34 heavy (non-hydrogen) atoms. The SMILES string of the molecule is CCCCCCCC1CCC(c2ccc(-c3ccc(OC(=O)CCCCCC)cc3)cc2)CC1. The van der Waals surface area contributed by atoms with Crippen LogP contribution in [0.3, 0.4) is 0 Å². The maximum Gasteiger partial charge on any atom is 0.311 e. The van der Waals surface area contributed by atoms with Gasteiger partial charge in [0, 0.05) is 6.42 Å². The molecule has 1 aliphatic carbocycles. The monoisotopic (exact) mass is 462 g/mol. The van der Waals surface area contributed by atoms with E-state index in [1.807, 2.05) is 12.1 Å². The second-order valence-electron chi connectivity index (χ2n) is 10.4. The number of benzene rings is 2. The predicted octanol–water partition coefficient (Wildman–Crippen LogP) is 9.86. The topological polar surface area (TPSA) is 26.3 Å². The molecular weight excluding hydrogens is 416 g/mol. The van der Waals surface area contributed by atoms with Crippen LogP contribution >= 0.6 is 0 Å². The molecule has 0 amide bonds. The van der Waals surface area contributed by atoms with Crippen molar-refractivity contribution in [2.45, 2.75) is 116 Å². The minimum absolute atomic E-state index is 0.126. The summed E-state index contributed by atoms with van der Waals surface area (Å²) < 4.78 is 5.50. The van der Waals surface area contributed by atoms with Crippen LogP contribution in [-0.4, -0.2) is 5.97 Å². The van der Waals surface area contributed by atoms with Crippen LogP contribution in [0.25, 0.3) is 11.1 Å². The van der Waals surface area contributed by atoms with Gasteiger partial charge in [0.05, 0.1) is 0 Å². The Morgan fingerprint density at radius 3 is 1.88 bits per heavy atom. The summed E-state index contributed by atoms with van der Waals surface area (Å²) in [5.74, 6) is 2.20. The van der Waals surface area contributed by atoms with Crippen molar-refractivity contribution in [2.24, 2.45) is 5.92 Å². The molecule has 1 saturated carbocycles. The Morgan fingerprint density at radius 1 is 0.706 bits per heavy atom. The summed E-state index contributed by atoms with van der Waals surface area (Å²) in [6, 6.07) is 17.1. The van der Waals surface area contributed by atoms with Crippen molar-refractivity contribution >= 4 is 5.97 Å². The fourth-order valence-corrected chi connectivity index (χ4v) is 5.36. The maximum absolute atomic E-state index is 12.0. The van der Waals surface area contributed by atoms with Gasteiger partial charge in [-0.25, -0.2) is 0 Å². The molecule has 0 aromatic heterocycles. The van der Waals surface area contributed by atoms with Crippen molar-refractivity contribution < 1.29 is 9.53 Å². The molecule has 0 N–H and O–H groups in total. The molecular formula is C32H46O2. The Bertz CT molecular complexity index is 813. The van der Waals surface area contributed by atoms with E-state index in [9.17, 15) is 4.79 Å². The van der Waals surface area contributed by atoms with E-state index in [1.165, 1.54) is 93.7 Å². The summed E-state index contributed by atoms with van der Waals surface area (Å²) in [7, 11) is 0. The summed E-state index contributed by atoms with van der Waals surface area (Å²) in [6.45, 7) is 4.47. The molecule has 2 nitrogen and oxygen atoms in total. The minimum Gasteiger partial charge on any atom is -0.427 e. The molecule has 2 aromatic rings. The van der Waals surface area contributed by atoms with Gasteiger partial charge in [-0.15, -0.1) is 0 Å². The maximum atomic E-state index is 12.0. The molecule has 0 heterocycles. The second kappa shape index (κ2) is 15.0. The van der Waals surface area contributed by atoms with E-state index in [4.69, 9.17) is 4.74 Å². The highest BCUT2D eigenvalue weighted by Gasteiger charge is 2.22. The Morgan fingerprint density at radius 2 is 1.26 bits per heavy atom. The van der Waals surface area contributed by atoms with Crippen molar-refractivity contribution in [1.29, 1.82) is 0 Å². The lowest BCUT2D eigenvalue weighted by Gasteiger charge is -2.29. The smallest absolute Gasteiger partial charge is 0.311 e. The molecule has 0 aliphatic heterocycles. The molecule has 2 aromatic carbocycles. The van der Waals surface area contributed by atoms with E-state index in [0.29, 0.717) is 12.2 Å². The van der Waals surface area contributed by atoms with Crippen LogP contribution in [0.5, 0.6) is 5.75 Å². The number of hydrogen-bond donors (Lipinski definition) is 0. The quantitative estimate of drug-likeness (QED) is 0.159. The highest BCUT2D eigenvalue weighted by Crippen LogP contribution is 2.38. The number of hydrogen-bond acceptors (Lipinski definition) is 2. The van der Waals surface area contributed by atoms with Crippen LogP contribution in [-0.2, 0) is 4.79 Å². The first-order valence-electron chi connectivity index (χ1n) is 14.1. The van der Waals surface area contributed by atoms with Crippen molar-refractivity contribution in [1.82, 2.24) is 0 Å². The fraction of sp³-hybridized carbons (Fsp3) is 0.594. The van der Waals surface area contributed by atoms with E-state index in [-0.39, 0.29) is 5.97 Å². The lowest BCUT2D eigenvalue weighted by molar-refractivity contribution is -0.134. The van der Waals surface area contributed by atoms with Gasteiger partial charge in [0.25, 0.3) is 0 Å². The first-order chi connectivity index (χ1) is 16.7. The largest absolute Gasteiger partial charge is 0.427 e. The molecule has 0 radical (unpaired) electrons. The van der Waals surface area contributed by atoms with E-state index in [0.717, 1.165) is 24.7 Å². The van der Waals surface area contributed by atoms with Crippen LogP contribution in [0.2, 0.25) is 0 Å². The number of esters is 1. The molecule has 0 saturated heterocycles. The van der Waals surface area contributed by atoms with E-state index in [2.05, 4.69) is 50.2 Å². The van der Waals surface area contributed by atoms with Gasteiger partial charge in [0.1, 0.15) is 5.75 Å². The average molecular weight is 463 g/mol.